The van der Waals surface area contributed by atoms with Crippen LogP contribution in [-0.2, 0) is 15.8 Å². The number of ether oxygens (including phenoxy) is 1. The molecule has 1 saturated carbocycles. The summed E-state index contributed by atoms with van der Waals surface area (Å²) >= 11 is 0. The zero-order valence-corrected chi connectivity index (χ0v) is 25.2. The second-order valence-electron chi connectivity index (χ2n) is 11.5. The number of carboxylic acid groups (broad SMARTS) is 2. The van der Waals surface area contributed by atoms with Gasteiger partial charge in [0, 0.05) is 23.2 Å². The van der Waals surface area contributed by atoms with Gasteiger partial charge in [-0.05, 0) is 18.9 Å². The average molecular weight is 699 g/mol. The van der Waals surface area contributed by atoms with E-state index in [1.165, 1.54) is 12.1 Å². The van der Waals surface area contributed by atoms with E-state index >= 15 is 0 Å². The fourth-order valence-electron chi connectivity index (χ4n) is 5.65. The van der Waals surface area contributed by atoms with Crippen molar-refractivity contribution in [1.82, 2.24) is 20.6 Å². The molecule has 0 saturated heterocycles. The topological polar surface area (TPSA) is 181 Å². The molecule has 6 rings (SSSR count). The van der Waals surface area contributed by atoms with Gasteiger partial charge in [0.1, 0.15) is 29.7 Å². The van der Waals surface area contributed by atoms with Crippen LogP contribution < -0.4 is 10.1 Å². The van der Waals surface area contributed by atoms with E-state index in [4.69, 9.17) is 23.7 Å². The van der Waals surface area contributed by atoms with Crippen LogP contribution in [0.1, 0.15) is 49.3 Å². The standard InChI is InChI=1S/C29H27F3N4O6.C2HF3O2/c30-29(31,32)21-22(16-7-3-1-4-8-16)35-41-24(21)26-34-25(36-42-26)17-9-10-18-20(13-17)40-14-19(23(18)37)33-15-28(27(38)39)11-5-2-6-12-28;3-2(4,5)1(6)7/h1,3-4,7-10,13,19,23,33,37H,2,5-6,11-12,14-15H2,(H,38,39);(H,6,7)/t19-,23+;/m0./s1. The van der Waals surface area contributed by atoms with Crippen LogP contribution in [0.4, 0.5) is 26.3 Å². The minimum atomic E-state index is -5.08. The Morgan fingerprint density at radius 2 is 1.59 bits per heavy atom. The first-order valence-corrected chi connectivity index (χ1v) is 14.8. The van der Waals surface area contributed by atoms with E-state index in [9.17, 15) is 41.4 Å². The zero-order valence-electron chi connectivity index (χ0n) is 25.2. The lowest BCUT2D eigenvalue weighted by Crippen LogP contribution is -2.50. The molecular formula is C31H28F6N4O8. The van der Waals surface area contributed by atoms with Gasteiger partial charge in [0.25, 0.3) is 5.89 Å². The maximum atomic E-state index is 14.1. The largest absolute Gasteiger partial charge is 0.491 e. The third kappa shape index (κ3) is 7.69. The molecule has 0 bridgehead atoms. The van der Waals surface area contributed by atoms with Gasteiger partial charge < -0.3 is 34.4 Å². The number of aromatic nitrogens is 3. The number of hydrogen-bond donors (Lipinski definition) is 4. The molecule has 4 aromatic rings. The highest BCUT2D eigenvalue weighted by Crippen LogP contribution is 2.44. The molecule has 1 aliphatic heterocycles. The summed E-state index contributed by atoms with van der Waals surface area (Å²) in [6, 6.07) is 12.0. The summed E-state index contributed by atoms with van der Waals surface area (Å²) in [7, 11) is 0. The number of benzene rings is 2. The molecule has 49 heavy (non-hydrogen) atoms. The molecule has 2 aromatic heterocycles. The fourth-order valence-corrected chi connectivity index (χ4v) is 5.65. The van der Waals surface area contributed by atoms with Crippen molar-refractivity contribution in [2.75, 3.05) is 13.2 Å². The molecule has 2 aromatic carbocycles. The van der Waals surface area contributed by atoms with Crippen molar-refractivity contribution in [1.29, 1.82) is 0 Å². The lowest BCUT2D eigenvalue weighted by Gasteiger charge is -2.37. The second kappa shape index (κ2) is 13.9. The molecule has 0 unspecified atom stereocenters. The van der Waals surface area contributed by atoms with E-state index in [1.54, 1.807) is 36.4 Å². The van der Waals surface area contributed by atoms with Crippen molar-refractivity contribution in [3.63, 3.8) is 0 Å². The number of halogens is 6. The van der Waals surface area contributed by atoms with Gasteiger partial charge in [-0.2, -0.15) is 31.3 Å². The number of nitrogens with one attached hydrogen (secondary N) is 1. The minimum Gasteiger partial charge on any atom is -0.491 e. The van der Waals surface area contributed by atoms with Crippen LogP contribution in [-0.4, -0.2) is 67.9 Å². The van der Waals surface area contributed by atoms with Crippen molar-refractivity contribution in [2.24, 2.45) is 5.41 Å². The average Bonchev–Trinajstić information content (AvgIpc) is 3.73. The maximum Gasteiger partial charge on any atom is 0.490 e. The number of nitrogens with zero attached hydrogens (tertiary/aromatic N) is 3. The Morgan fingerprint density at radius 3 is 2.20 bits per heavy atom. The van der Waals surface area contributed by atoms with Crippen molar-refractivity contribution < 1.29 is 65.0 Å². The first-order valence-electron chi connectivity index (χ1n) is 14.8. The number of fused-ring (bicyclic) bond motifs is 1. The molecule has 12 nitrogen and oxygen atoms in total. The van der Waals surface area contributed by atoms with Gasteiger partial charge in [-0.25, -0.2) is 4.79 Å². The summed E-state index contributed by atoms with van der Waals surface area (Å²) in [5.74, 6) is -4.46. The number of rotatable bonds is 7. The second-order valence-corrected chi connectivity index (χ2v) is 11.5. The van der Waals surface area contributed by atoms with Gasteiger partial charge in [0.2, 0.25) is 11.6 Å². The molecule has 3 heterocycles. The number of aliphatic carboxylic acids is 2. The Balaban J connectivity index is 0.000000606. The van der Waals surface area contributed by atoms with Crippen molar-refractivity contribution in [3.05, 3.63) is 59.7 Å². The van der Waals surface area contributed by atoms with Gasteiger partial charge in [-0.15, -0.1) is 0 Å². The molecule has 1 aliphatic carbocycles. The first-order chi connectivity index (χ1) is 23.1. The number of carbonyl (C=O) groups is 2. The number of alkyl halides is 6. The van der Waals surface area contributed by atoms with Crippen molar-refractivity contribution in [2.45, 2.75) is 56.6 Å². The van der Waals surface area contributed by atoms with E-state index in [2.05, 4.69) is 20.6 Å². The van der Waals surface area contributed by atoms with Crippen molar-refractivity contribution in [3.8, 4) is 40.0 Å². The van der Waals surface area contributed by atoms with Crippen LogP contribution in [0.25, 0.3) is 34.3 Å². The Kier molecular flexibility index (Phi) is 10.0. The first kappa shape index (κ1) is 35.3. The molecule has 18 heteroatoms. The molecule has 2 atom stereocenters. The summed E-state index contributed by atoms with van der Waals surface area (Å²) in [5, 5.41) is 38.7. The molecule has 0 spiro atoms. The van der Waals surface area contributed by atoms with Crippen LogP contribution in [0.3, 0.4) is 0 Å². The molecule has 1 fully saturated rings. The summed E-state index contributed by atoms with van der Waals surface area (Å²) in [4.78, 5) is 25.0. The van der Waals surface area contributed by atoms with E-state index in [-0.39, 0.29) is 24.5 Å². The quantitative estimate of drug-likeness (QED) is 0.162. The molecule has 262 valence electrons. The van der Waals surface area contributed by atoms with Crippen LogP contribution in [0.15, 0.2) is 57.6 Å². The normalized spacial score (nSPS) is 18.8. The fraction of sp³-hybridized carbons (Fsp3) is 0.387. The number of aliphatic hydroxyl groups excluding tert-OH is 1. The summed E-state index contributed by atoms with van der Waals surface area (Å²) in [5.41, 5.74) is -1.32. The Bertz CT molecular complexity index is 1780. The Hall–Kier alpha value is -4.97. The monoisotopic (exact) mass is 698 g/mol. The minimum absolute atomic E-state index is 0.0161. The highest BCUT2D eigenvalue weighted by Gasteiger charge is 2.44. The van der Waals surface area contributed by atoms with Crippen LogP contribution >= 0.6 is 0 Å². The number of aliphatic hydroxyl groups is 1. The van der Waals surface area contributed by atoms with E-state index in [0.717, 1.165) is 19.3 Å². The van der Waals surface area contributed by atoms with E-state index in [1.807, 2.05) is 0 Å². The van der Waals surface area contributed by atoms with Crippen LogP contribution in [0, 0.1) is 5.41 Å². The molecular weight excluding hydrogens is 670 g/mol. The predicted molar refractivity (Wildman–Crippen MR) is 155 cm³/mol. The lowest BCUT2D eigenvalue weighted by molar-refractivity contribution is -0.192. The highest BCUT2D eigenvalue weighted by atomic mass is 19.4. The van der Waals surface area contributed by atoms with Gasteiger partial charge in [-0.3, -0.25) is 4.79 Å². The summed E-state index contributed by atoms with van der Waals surface area (Å²) in [6.45, 7) is 0.306. The Labute approximate surface area is 272 Å². The molecule has 2 aliphatic rings. The third-order valence-electron chi connectivity index (χ3n) is 8.24. The van der Waals surface area contributed by atoms with Gasteiger partial charge in [-0.1, -0.05) is 72.0 Å². The van der Waals surface area contributed by atoms with Gasteiger partial charge in [0.15, 0.2) is 0 Å². The Morgan fingerprint density at radius 1 is 0.918 bits per heavy atom. The van der Waals surface area contributed by atoms with Crippen LogP contribution in [0.2, 0.25) is 0 Å². The third-order valence-corrected chi connectivity index (χ3v) is 8.24. The number of hydrogen-bond acceptors (Lipinski definition) is 10. The smallest absolute Gasteiger partial charge is 0.490 e. The van der Waals surface area contributed by atoms with Gasteiger partial charge >= 0.3 is 24.3 Å². The number of carboxylic acids is 2. The summed E-state index contributed by atoms with van der Waals surface area (Å²) in [6.07, 6.45) is -6.99. The zero-order chi connectivity index (χ0) is 35.6. The molecule has 0 radical (unpaired) electrons. The molecule has 0 amide bonds. The van der Waals surface area contributed by atoms with E-state index in [0.29, 0.717) is 29.7 Å². The van der Waals surface area contributed by atoms with Gasteiger partial charge in [0.05, 0.1) is 11.5 Å². The SMILES string of the molecule is O=C(O)C(F)(F)F.O=C(O)C1(CN[C@H]2COc3cc(-c4noc(-c5onc(-c6ccccc6)c5C(F)(F)F)n4)ccc3[C@H]2O)CCCCC1. The van der Waals surface area contributed by atoms with Crippen molar-refractivity contribution >= 4 is 11.9 Å². The van der Waals surface area contributed by atoms with E-state index < -0.39 is 64.8 Å². The summed E-state index contributed by atoms with van der Waals surface area (Å²) < 4.78 is 90.0. The van der Waals surface area contributed by atoms with Crippen LogP contribution in [0.5, 0.6) is 5.75 Å². The molecule has 4 N–H and O–H groups in total. The maximum absolute atomic E-state index is 14.1. The predicted octanol–water partition coefficient (Wildman–Crippen LogP) is 6.13. The lowest BCUT2D eigenvalue weighted by atomic mass is 9.74. The highest BCUT2D eigenvalue weighted by molar-refractivity contribution is 5.75.